The van der Waals surface area contributed by atoms with E-state index in [9.17, 15) is 4.79 Å². The van der Waals surface area contributed by atoms with Crippen molar-refractivity contribution in [2.24, 2.45) is 17.6 Å². The highest BCUT2D eigenvalue weighted by molar-refractivity contribution is 5.85. The molecule has 0 bridgehead atoms. The van der Waals surface area contributed by atoms with Gasteiger partial charge >= 0.3 is 0 Å². The number of rotatable bonds is 5. The molecule has 1 amide bonds. The molecular formula is C12H23ClN2O2. The fourth-order valence-corrected chi connectivity index (χ4v) is 2.35. The minimum atomic E-state index is 0. The van der Waals surface area contributed by atoms with Gasteiger partial charge in [0, 0.05) is 32.2 Å². The van der Waals surface area contributed by atoms with E-state index < -0.39 is 0 Å². The average Bonchev–Trinajstić information content (AvgIpc) is 3.11. The minimum absolute atomic E-state index is 0. The summed E-state index contributed by atoms with van der Waals surface area (Å²) in [5, 5.41) is 3.07. The van der Waals surface area contributed by atoms with Gasteiger partial charge in [-0.25, -0.2) is 0 Å². The predicted octanol–water partition coefficient (Wildman–Crippen LogP) is 1.08. The molecule has 1 heterocycles. The van der Waals surface area contributed by atoms with Crippen LogP contribution in [0.1, 0.15) is 32.1 Å². The Morgan fingerprint density at radius 1 is 1.29 bits per heavy atom. The summed E-state index contributed by atoms with van der Waals surface area (Å²) in [4.78, 5) is 11.8. The number of nitrogens with two attached hydrogens (primary N) is 1. The minimum Gasteiger partial charge on any atom is -0.381 e. The molecule has 1 aliphatic carbocycles. The van der Waals surface area contributed by atoms with Crippen LogP contribution < -0.4 is 11.1 Å². The zero-order chi connectivity index (χ0) is 11.4. The van der Waals surface area contributed by atoms with E-state index in [1.165, 1.54) is 12.8 Å². The summed E-state index contributed by atoms with van der Waals surface area (Å²) in [5.41, 5.74) is 5.66. The maximum absolute atomic E-state index is 11.8. The van der Waals surface area contributed by atoms with Crippen LogP contribution >= 0.6 is 12.4 Å². The van der Waals surface area contributed by atoms with E-state index in [0.29, 0.717) is 24.8 Å². The third-order valence-corrected chi connectivity index (χ3v) is 3.61. The summed E-state index contributed by atoms with van der Waals surface area (Å²) in [6.45, 7) is 2.19. The van der Waals surface area contributed by atoms with E-state index in [2.05, 4.69) is 5.32 Å². The first-order chi connectivity index (χ1) is 7.79. The molecule has 1 saturated carbocycles. The van der Waals surface area contributed by atoms with E-state index in [4.69, 9.17) is 10.5 Å². The molecule has 0 aromatic carbocycles. The highest BCUT2D eigenvalue weighted by Gasteiger charge is 2.31. The number of hydrogen-bond acceptors (Lipinski definition) is 3. The molecule has 0 radical (unpaired) electrons. The van der Waals surface area contributed by atoms with Crippen molar-refractivity contribution in [3.63, 3.8) is 0 Å². The van der Waals surface area contributed by atoms with Crippen LogP contribution in [-0.2, 0) is 9.53 Å². The zero-order valence-corrected chi connectivity index (χ0v) is 11.0. The monoisotopic (exact) mass is 262 g/mol. The standard InChI is InChI=1S/C12H22N2O2.ClH/c13-8-11(10-1-2-10)14-12(15)7-9-3-5-16-6-4-9;/h9-11H,1-8,13H2,(H,14,15);1H. The molecule has 1 unspecified atom stereocenters. The van der Waals surface area contributed by atoms with E-state index in [0.717, 1.165) is 26.1 Å². The van der Waals surface area contributed by atoms with E-state index in [1.807, 2.05) is 0 Å². The van der Waals surface area contributed by atoms with Crippen molar-refractivity contribution >= 4 is 18.3 Å². The Labute approximate surface area is 109 Å². The predicted molar refractivity (Wildman–Crippen MR) is 69.1 cm³/mol. The van der Waals surface area contributed by atoms with Gasteiger partial charge in [-0.1, -0.05) is 0 Å². The topological polar surface area (TPSA) is 64.3 Å². The van der Waals surface area contributed by atoms with Gasteiger partial charge < -0.3 is 15.8 Å². The van der Waals surface area contributed by atoms with Gasteiger partial charge in [-0.05, 0) is 37.5 Å². The summed E-state index contributed by atoms with van der Waals surface area (Å²) in [6, 6.07) is 0.215. The van der Waals surface area contributed by atoms with Crippen LogP contribution in [0, 0.1) is 11.8 Å². The molecule has 0 spiro atoms. The molecule has 17 heavy (non-hydrogen) atoms. The van der Waals surface area contributed by atoms with Gasteiger partial charge in [0.05, 0.1) is 0 Å². The largest absolute Gasteiger partial charge is 0.381 e. The number of hydrogen-bond donors (Lipinski definition) is 2. The Kier molecular flexibility index (Phi) is 6.23. The average molecular weight is 263 g/mol. The summed E-state index contributed by atoms with van der Waals surface area (Å²) in [6.07, 6.45) is 5.12. The summed E-state index contributed by atoms with van der Waals surface area (Å²) >= 11 is 0. The Balaban J connectivity index is 0.00000144. The Morgan fingerprint density at radius 3 is 2.47 bits per heavy atom. The number of carbonyl (C=O) groups excluding carboxylic acids is 1. The van der Waals surface area contributed by atoms with E-state index in [-0.39, 0.29) is 24.4 Å². The van der Waals surface area contributed by atoms with Crippen molar-refractivity contribution in [2.75, 3.05) is 19.8 Å². The molecule has 2 aliphatic rings. The second-order valence-corrected chi connectivity index (χ2v) is 5.01. The van der Waals surface area contributed by atoms with Crippen LogP contribution in [0.4, 0.5) is 0 Å². The fourth-order valence-electron chi connectivity index (χ4n) is 2.35. The van der Waals surface area contributed by atoms with Crippen molar-refractivity contribution in [3.8, 4) is 0 Å². The van der Waals surface area contributed by atoms with Crippen LogP contribution in [0.2, 0.25) is 0 Å². The van der Waals surface area contributed by atoms with Gasteiger partial charge in [0.25, 0.3) is 0 Å². The number of nitrogens with one attached hydrogen (secondary N) is 1. The van der Waals surface area contributed by atoms with Gasteiger partial charge in [0.15, 0.2) is 0 Å². The van der Waals surface area contributed by atoms with Gasteiger partial charge in [0.2, 0.25) is 5.91 Å². The molecule has 2 fully saturated rings. The molecule has 4 nitrogen and oxygen atoms in total. The van der Waals surface area contributed by atoms with Crippen molar-refractivity contribution in [3.05, 3.63) is 0 Å². The highest BCUT2D eigenvalue weighted by Crippen LogP contribution is 2.32. The zero-order valence-electron chi connectivity index (χ0n) is 10.2. The number of halogens is 1. The van der Waals surface area contributed by atoms with Crippen molar-refractivity contribution in [1.82, 2.24) is 5.32 Å². The van der Waals surface area contributed by atoms with Gasteiger partial charge in [-0.2, -0.15) is 0 Å². The lowest BCUT2D eigenvalue weighted by Crippen LogP contribution is -2.42. The molecule has 2 rings (SSSR count). The van der Waals surface area contributed by atoms with Gasteiger partial charge in [0.1, 0.15) is 0 Å². The molecule has 1 atom stereocenters. The second-order valence-electron chi connectivity index (χ2n) is 5.01. The summed E-state index contributed by atoms with van der Waals surface area (Å²) < 4.78 is 5.28. The van der Waals surface area contributed by atoms with Crippen molar-refractivity contribution in [2.45, 2.75) is 38.1 Å². The van der Waals surface area contributed by atoms with Crippen LogP contribution in [0.5, 0.6) is 0 Å². The fraction of sp³-hybridized carbons (Fsp3) is 0.917. The summed E-state index contributed by atoms with van der Waals surface area (Å²) in [5.74, 6) is 1.32. The molecule has 5 heteroatoms. The normalized spacial score (nSPS) is 22.6. The second kappa shape index (κ2) is 7.19. The maximum atomic E-state index is 11.8. The third kappa shape index (κ3) is 4.82. The molecule has 1 saturated heterocycles. The van der Waals surface area contributed by atoms with Crippen LogP contribution in [0.15, 0.2) is 0 Å². The van der Waals surface area contributed by atoms with Crippen molar-refractivity contribution < 1.29 is 9.53 Å². The lowest BCUT2D eigenvalue weighted by atomic mass is 9.96. The highest BCUT2D eigenvalue weighted by atomic mass is 35.5. The first-order valence-electron chi connectivity index (χ1n) is 6.36. The Bertz CT molecular complexity index is 241. The van der Waals surface area contributed by atoms with Crippen LogP contribution in [-0.4, -0.2) is 31.7 Å². The molecule has 100 valence electrons. The number of carbonyl (C=O) groups is 1. The molecule has 1 aliphatic heterocycles. The first-order valence-corrected chi connectivity index (χ1v) is 6.36. The SMILES string of the molecule is Cl.NCC(NC(=O)CC1CCOCC1)C1CC1. The number of amides is 1. The smallest absolute Gasteiger partial charge is 0.220 e. The van der Waals surface area contributed by atoms with E-state index >= 15 is 0 Å². The number of ether oxygens (including phenoxy) is 1. The lowest BCUT2D eigenvalue weighted by Gasteiger charge is -2.23. The molecule has 3 N–H and O–H groups in total. The van der Waals surface area contributed by atoms with Crippen LogP contribution in [0.3, 0.4) is 0 Å². The quantitative estimate of drug-likeness (QED) is 0.779. The van der Waals surface area contributed by atoms with E-state index in [1.54, 1.807) is 0 Å². The summed E-state index contributed by atoms with van der Waals surface area (Å²) in [7, 11) is 0. The van der Waals surface area contributed by atoms with Crippen LogP contribution in [0.25, 0.3) is 0 Å². The Morgan fingerprint density at radius 2 is 1.94 bits per heavy atom. The molecular weight excluding hydrogens is 240 g/mol. The molecule has 0 aromatic heterocycles. The van der Waals surface area contributed by atoms with Crippen molar-refractivity contribution in [1.29, 1.82) is 0 Å². The van der Waals surface area contributed by atoms with Gasteiger partial charge in [-0.3, -0.25) is 4.79 Å². The molecule has 0 aromatic rings. The van der Waals surface area contributed by atoms with Gasteiger partial charge in [-0.15, -0.1) is 12.4 Å². The Hall–Kier alpha value is -0.320. The third-order valence-electron chi connectivity index (χ3n) is 3.61. The lowest BCUT2D eigenvalue weighted by molar-refractivity contribution is -0.123. The maximum Gasteiger partial charge on any atom is 0.220 e. The first kappa shape index (κ1) is 14.7.